The number of carbonyl (C=O) groups excluding carboxylic acids is 1. The maximum atomic E-state index is 10.6. The minimum Gasteiger partial charge on any atom is -0.350 e. The summed E-state index contributed by atoms with van der Waals surface area (Å²) in [6.07, 6.45) is 8.81. The van der Waals surface area contributed by atoms with Crippen LogP contribution in [0.25, 0.3) is 0 Å². The summed E-state index contributed by atoms with van der Waals surface area (Å²) in [6.45, 7) is 0. The van der Waals surface area contributed by atoms with Crippen molar-refractivity contribution in [2.45, 2.75) is 44.9 Å². The molecule has 0 aromatic rings. The summed E-state index contributed by atoms with van der Waals surface area (Å²) < 4.78 is 0. The van der Waals surface area contributed by atoms with Gasteiger partial charge in [-0.3, -0.25) is 0 Å². The maximum Gasteiger partial charge on any atom is 0.332 e. The van der Waals surface area contributed by atoms with Gasteiger partial charge in [0.05, 0.1) is 0 Å². The van der Waals surface area contributed by atoms with Crippen molar-refractivity contribution in [3.05, 3.63) is 0 Å². The molecule has 0 heterocycles. The Balaban J connectivity index is 2.03. The van der Waals surface area contributed by atoms with E-state index in [0.717, 1.165) is 12.3 Å². The molecule has 0 aromatic carbocycles. The van der Waals surface area contributed by atoms with Crippen LogP contribution >= 0.6 is 0 Å². The quantitative estimate of drug-likeness (QED) is 0.637. The second-order valence-electron chi connectivity index (χ2n) is 4.62. The van der Waals surface area contributed by atoms with Gasteiger partial charge in [-0.15, -0.1) is 0 Å². The lowest BCUT2D eigenvalue weighted by Gasteiger charge is -2.36. The van der Waals surface area contributed by atoms with Gasteiger partial charge in [0.25, 0.3) is 0 Å². The number of rotatable bonds is 1. The monoisotopic (exact) mass is 209 g/mol. The molecule has 0 spiro atoms. The summed E-state index contributed by atoms with van der Waals surface area (Å²) >= 11 is 0. The number of nitrogens with two attached hydrogens (primary N) is 1. The summed E-state index contributed by atoms with van der Waals surface area (Å²) in [6, 6.07) is -0.555. The van der Waals surface area contributed by atoms with Crippen molar-refractivity contribution in [2.75, 3.05) is 0 Å². The van der Waals surface area contributed by atoms with Gasteiger partial charge < -0.3 is 5.73 Å². The highest BCUT2D eigenvalue weighted by atomic mass is 16.2. The molecule has 0 aliphatic heterocycles. The molecular formula is C11H19N3O. The Kier molecular flexibility index (Phi) is 3.23. The average molecular weight is 209 g/mol. The fourth-order valence-electron chi connectivity index (χ4n) is 2.99. The summed E-state index contributed by atoms with van der Waals surface area (Å²) in [4.78, 5) is 10.6. The van der Waals surface area contributed by atoms with Crippen molar-refractivity contribution in [3.8, 4) is 0 Å². The molecule has 2 amide bonds. The van der Waals surface area contributed by atoms with E-state index in [1.54, 1.807) is 0 Å². The highest BCUT2D eigenvalue weighted by molar-refractivity contribution is 5.88. The van der Waals surface area contributed by atoms with Gasteiger partial charge in [-0.2, -0.15) is 5.10 Å². The van der Waals surface area contributed by atoms with Gasteiger partial charge in [0.1, 0.15) is 0 Å². The van der Waals surface area contributed by atoms with Gasteiger partial charge in [-0.25, -0.2) is 10.2 Å². The normalized spacial score (nSPS) is 33.5. The van der Waals surface area contributed by atoms with E-state index in [4.69, 9.17) is 5.73 Å². The number of amides is 2. The highest BCUT2D eigenvalue weighted by Gasteiger charge is 2.32. The molecule has 2 saturated carbocycles. The number of fused-ring (bicyclic) bond motifs is 1. The van der Waals surface area contributed by atoms with E-state index in [2.05, 4.69) is 10.5 Å². The Morgan fingerprint density at radius 3 is 2.80 bits per heavy atom. The van der Waals surface area contributed by atoms with Gasteiger partial charge in [0.15, 0.2) is 0 Å². The molecule has 0 radical (unpaired) electrons. The largest absolute Gasteiger partial charge is 0.350 e. The number of carbonyl (C=O) groups is 1. The van der Waals surface area contributed by atoms with Gasteiger partial charge in [0.2, 0.25) is 0 Å². The minimum absolute atomic E-state index is 0.555. The SMILES string of the molecule is NC(=O)N/N=C1/CCC[C@@H]2CCCC[C@@H]12. The van der Waals surface area contributed by atoms with Gasteiger partial charge in [-0.1, -0.05) is 12.8 Å². The molecule has 4 heteroatoms. The molecule has 84 valence electrons. The van der Waals surface area contributed by atoms with Crippen LogP contribution in [0.15, 0.2) is 5.10 Å². The molecule has 4 nitrogen and oxygen atoms in total. The van der Waals surface area contributed by atoms with Crippen molar-refractivity contribution < 1.29 is 4.79 Å². The molecule has 2 rings (SSSR count). The first-order valence-electron chi connectivity index (χ1n) is 5.89. The molecule has 2 atom stereocenters. The van der Waals surface area contributed by atoms with E-state index in [0.29, 0.717) is 5.92 Å². The third-order valence-electron chi connectivity index (χ3n) is 3.65. The summed E-state index contributed by atoms with van der Waals surface area (Å²) in [5.74, 6) is 1.42. The van der Waals surface area contributed by atoms with Crippen molar-refractivity contribution >= 4 is 11.7 Å². The Hall–Kier alpha value is -1.06. The van der Waals surface area contributed by atoms with Crippen molar-refractivity contribution in [1.29, 1.82) is 0 Å². The molecule has 2 aliphatic carbocycles. The molecule has 2 fully saturated rings. The van der Waals surface area contributed by atoms with Gasteiger partial charge >= 0.3 is 6.03 Å². The maximum absolute atomic E-state index is 10.6. The van der Waals surface area contributed by atoms with Crippen molar-refractivity contribution in [2.24, 2.45) is 22.7 Å². The Bertz CT molecular complexity index is 273. The third-order valence-corrected chi connectivity index (χ3v) is 3.65. The first-order valence-corrected chi connectivity index (χ1v) is 5.89. The van der Waals surface area contributed by atoms with E-state index in [1.165, 1.54) is 44.2 Å². The van der Waals surface area contributed by atoms with Crippen LogP contribution in [0.2, 0.25) is 0 Å². The Morgan fingerprint density at radius 2 is 2.00 bits per heavy atom. The van der Waals surface area contributed by atoms with Crippen LogP contribution in [0.4, 0.5) is 4.79 Å². The smallest absolute Gasteiger partial charge is 0.332 e. The standard InChI is InChI=1S/C11H19N3O/c12-11(15)14-13-10-7-3-5-8-4-1-2-6-9(8)10/h8-9H,1-7H2,(H3,12,14,15)/b13-10-/t8-,9+/m0/s1. The van der Waals surface area contributed by atoms with E-state index < -0.39 is 6.03 Å². The zero-order valence-corrected chi connectivity index (χ0v) is 9.04. The molecular weight excluding hydrogens is 190 g/mol. The predicted octanol–water partition coefficient (Wildman–Crippen LogP) is 2.00. The molecule has 3 N–H and O–H groups in total. The zero-order valence-electron chi connectivity index (χ0n) is 9.04. The summed E-state index contributed by atoms with van der Waals surface area (Å²) in [7, 11) is 0. The predicted molar refractivity (Wildman–Crippen MR) is 59.5 cm³/mol. The number of urea groups is 1. The number of primary amides is 1. The molecule has 2 aliphatic rings. The van der Waals surface area contributed by atoms with E-state index >= 15 is 0 Å². The lowest BCUT2D eigenvalue weighted by molar-refractivity contribution is 0.247. The van der Waals surface area contributed by atoms with Crippen LogP contribution in [0.1, 0.15) is 44.9 Å². The van der Waals surface area contributed by atoms with Crippen molar-refractivity contribution in [3.63, 3.8) is 0 Å². The lowest BCUT2D eigenvalue weighted by Crippen LogP contribution is -2.34. The fourth-order valence-corrected chi connectivity index (χ4v) is 2.99. The van der Waals surface area contributed by atoms with Crippen LogP contribution in [-0.4, -0.2) is 11.7 Å². The number of hydrogen-bond acceptors (Lipinski definition) is 2. The van der Waals surface area contributed by atoms with Crippen LogP contribution in [-0.2, 0) is 0 Å². The summed E-state index contributed by atoms with van der Waals surface area (Å²) in [5, 5.41) is 4.16. The molecule has 15 heavy (non-hydrogen) atoms. The van der Waals surface area contributed by atoms with Crippen molar-refractivity contribution in [1.82, 2.24) is 5.43 Å². The number of hydrazone groups is 1. The number of nitrogens with one attached hydrogen (secondary N) is 1. The number of hydrogen-bond donors (Lipinski definition) is 2. The topological polar surface area (TPSA) is 67.5 Å². The zero-order chi connectivity index (χ0) is 10.7. The average Bonchev–Trinajstić information content (AvgIpc) is 2.26. The van der Waals surface area contributed by atoms with E-state index in [-0.39, 0.29) is 0 Å². The number of nitrogens with zero attached hydrogens (tertiary/aromatic N) is 1. The fraction of sp³-hybridized carbons (Fsp3) is 0.818. The van der Waals surface area contributed by atoms with E-state index in [1.807, 2.05) is 0 Å². The minimum atomic E-state index is -0.555. The summed E-state index contributed by atoms with van der Waals surface area (Å²) in [5.41, 5.74) is 8.57. The van der Waals surface area contributed by atoms with Crippen LogP contribution < -0.4 is 11.2 Å². The second-order valence-corrected chi connectivity index (χ2v) is 4.62. The van der Waals surface area contributed by atoms with Crippen LogP contribution in [0, 0.1) is 11.8 Å². The Morgan fingerprint density at radius 1 is 1.27 bits per heavy atom. The van der Waals surface area contributed by atoms with E-state index in [9.17, 15) is 4.79 Å². The Labute approximate surface area is 90.3 Å². The van der Waals surface area contributed by atoms with Crippen LogP contribution in [0.5, 0.6) is 0 Å². The van der Waals surface area contributed by atoms with Gasteiger partial charge in [0, 0.05) is 11.6 Å². The van der Waals surface area contributed by atoms with Gasteiger partial charge in [-0.05, 0) is 38.0 Å². The lowest BCUT2D eigenvalue weighted by atomic mass is 9.70. The molecule has 0 saturated heterocycles. The molecule has 0 unspecified atom stereocenters. The van der Waals surface area contributed by atoms with Crippen LogP contribution in [0.3, 0.4) is 0 Å². The third kappa shape index (κ3) is 2.49. The second kappa shape index (κ2) is 4.64. The molecule has 0 bridgehead atoms. The first kappa shape index (κ1) is 10.5. The molecule has 0 aromatic heterocycles. The highest BCUT2D eigenvalue weighted by Crippen LogP contribution is 2.38. The first-order chi connectivity index (χ1) is 7.27.